The van der Waals surface area contributed by atoms with Crippen molar-refractivity contribution in [1.82, 2.24) is 5.32 Å². The molecule has 0 aliphatic carbocycles. The van der Waals surface area contributed by atoms with E-state index >= 15 is 0 Å². The number of benzene rings is 1. The third-order valence-electron chi connectivity index (χ3n) is 2.98. The summed E-state index contributed by atoms with van der Waals surface area (Å²) in [5, 5.41) is 2.91. The van der Waals surface area contributed by atoms with E-state index in [1.54, 1.807) is 0 Å². The summed E-state index contributed by atoms with van der Waals surface area (Å²) in [6, 6.07) is 6.07. The summed E-state index contributed by atoms with van der Waals surface area (Å²) in [6.07, 6.45) is 2.06. The number of rotatable bonds is 6. The van der Waals surface area contributed by atoms with Gasteiger partial charge in [0.2, 0.25) is 0 Å². The Morgan fingerprint density at radius 2 is 2.06 bits per heavy atom. The van der Waals surface area contributed by atoms with Crippen molar-refractivity contribution in [1.29, 1.82) is 0 Å². The average Bonchev–Trinajstić information content (AvgIpc) is 2.31. The molecule has 1 unspecified atom stereocenters. The smallest absolute Gasteiger partial charge is 0.258 e. The van der Waals surface area contributed by atoms with Crippen molar-refractivity contribution in [2.24, 2.45) is 0 Å². The second-order valence-electron chi connectivity index (χ2n) is 4.79. The second kappa shape index (κ2) is 7.04. The van der Waals surface area contributed by atoms with Crippen LogP contribution in [0.5, 0.6) is 5.75 Å². The first-order valence-corrected chi connectivity index (χ1v) is 6.52. The molecule has 1 atom stereocenters. The zero-order valence-electron chi connectivity index (χ0n) is 11.7. The Morgan fingerprint density at radius 3 is 2.67 bits per heavy atom. The van der Waals surface area contributed by atoms with Crippen LogP contribution in [-0.4, -0.2) is 18.6 Å². The zero-order chi connectivity index (χ0) is 13.5. The normalized spacial score (nSPS) is 12.0. The summed E-state index contributed by atoms with van der Waals surface area (Å²) in [7, 11) is 0. The van der Waals surface area contributed by atoms with Gasteiger partial charge >= 0.3 is 0 Å². The quantitative estimate of drug-likeness (QED) is 0.841. The molecule has 100 valence electrons. The number of ether oxygens (including phenoxy) is 1. The first kappa shape index (κ1) is 14.6. The largest absolute Gasteiger partial charge is 0.484 e. The van der Waals surface area contributed by atoms with Gasteiger partial charge in [-0.2, -0.15) is 0 Å². The molecule has 0 saturated heterocycles. The maximum absolute atomic E-state index is 11.6. The fourth-order valence-corrected chi connectivity index (χ4v) is 1.77. The molecule has 0 spiro atoms. The summed E-state index contributed by atoms with van der Waals surface area (Å²) >= 11 is 0. The van der Waals surface area contributed by atoms with Crippen LogP contribution in [-0.2, 0) is 4.79 Å². The molecule has 0 fully saturated rings. The highest BCUT2D eigenvalue weighted by Crippen LogP contribution is 2.16. The van der Waals surface area contributed by atoms with Gasteiger partial charge < -0.3 is 10.1 Å². The molecule has 1 N–H and O–H groups in total. The van der Waals surface area contributed by atoms with Gasteiger partial charge in [0.15, 0.2) is 6.61 Å². The molecule has 0 aliphatic rings. The molecule has 0 heterocycles. The Morgan fingerprint density at radius 1 is 1.33 bits per heavy atom. The van der Waals surface area contributed by atoms with Crippen LogP contribution < -0.4 is 10.1 Å². The summed E-state index contributed by atoms with van der Waals surface area (Å²) in [6.45, 7) is 8.28. The molecule has 1 aromatic rings. The lowest BCUT2D eigenvalue weighted by Crippen LogP contribution is -2.35. The molecule has 3 heteroatoms. The lowest BCUT2D eigenvalue weighted by Gasteiger charge is -2.13. The second-order valence-corrected chi connectivity index (χ2v) is 4.79. The van der Waals surface area contributed by atoms with Gasteiger partial charge in [0.05, 0.1) is 0 Å². The molecular formula is C15H23NO2. The van der Waals surface area contributed by atoms with E-state index in [2.05, 4.69) is 19.2 Å². The molecule has 0 saturated carbocycles. The van der Waals surface area contributed by atoms with E-state index in [0.717, 1.165) is 18.6 Å². The SMILES string of the molecule is CCCC(C)NC(=O)COc1ccc(C)c(C)c1. The van der Waals surface area contributed by atoms with E-state index in [4.69, 9.17) is 4.74 Å². The number of amides is 1. The topological polar surface area (TPSA) is 38.3 Å². The third-order valence-corrected chi connectivity index (χ3v) is 2.98. The molecule has 18 heavy (non-hydrogen) atoms. The number of nitrogens with one attached hydrogen (secondary N) is 1. The molecule has 0 radical (unpaired) electrons. The maximum Gasteiger partial charge on any atom is 0.258 e. The van der Waals surface area contributed by atoms with Crippen molar-refractivity contribution in [2.45, 2.75) is 46.6 Å². The van der Waals surface area contributed by atoms with Crippen LogP contribution in [0.4, 0.5) is 0 Å². The van der Waals surface area contributed by atoms with E-state index in [1.807, 2.05) is 32.0 Å². The average molecular weight is 249 g/mol. The van der Waals surface area contributed by atoms with Crippen molar-refractivity contribution in [2.75, 3.05) is 6.61 Å². The van der Waals surface area contributed by atoms with Crippen LogP contribution in [0.15, 0.2) is 18.2 Å². The lowest BCUT2D eigenvalue weighted by atomic mass is 10.1. The Hall–Kier alpha value is -1.51. The first-order chi connectivity index (χ1) is 8.52. The molecule has 0 bridgehead atoms. The van der Waals surface area contributed by atoms with Gasteiger partial charge in [0.1, 0.15) is 5.75 Å². The minimum Gasteiger partial charge on any atom is -0.484 e. The Balaban J connectivity index is 2.40. The van der Waals surface area contributed by atoms with Gasteiger partial charge in [-0.25, -0.2) is 0 Å². The van der Waals surface area contributed by atoms with E-state index in [-0.39, 0.29) is 18.6 Å². The Bertz CT molecular complexity index is 401. The van der Waals surface area contributed by atoms with Gasteiger partial charge in [-0.05, 0) is 50.5 Å². The van der Waals surface area contributed by atoms with Crippen molar-refractivity contribution in [3.05, 3.63) is 29.3 Å². The highest BCUT2D eigenvalue weighted by atomic mass is 16.5. The van der Waals surface area contributed by atoms with Crippen LogP contribution in [0.2, 0.25) is 0 Å². The van der Waals surface area contributed by atoms with Gasteiger partial charge in [0, 0.05) is 6.04 Å². The zero-order valence-corrected chi connectivity index (χ0v) is 11.7. The number of carbonyl (C=O) groups is 1. The molecule has 3 nitrogen and oxygen atoms in total. The predicted molar refractivity (Wildman–Crippen MR) is 73.9 cm³/mol. The summed E-state index contributed by atoms with van der Waals surface area (Å²) in [4.78, 5) is 11.6. The fraction of sp³-hybridized carbons (Fsp3) is 0.533. The minimum absolute atomic E-state index is 0.0609. The maximum atomic E-state index is 11.6. The molecular weight excluding hydrogens is 226 g/mol. The van der Waals surface area contributed by atoms with Crippen LogP contribution in [0.3, 0.4) is 0 Å². The van der Waals surface area contributed by atoms with E-state index in [1.165, 1.54) is 11.1 Å². The highest BCUT2D eigenvalue weighted by Gasteiger charge is 2.07. The van der Waals surface area contributed by atoms with Gasteiger partial charge in [-0.1, -0.05) is 19.4 Å². The number of hydrogen-bond donors (Lipinski definition) is 1. The number of hydrogen-bond acceptors (Lipinski definition) is 2. The van der Waals surface area contributed by atoms with Crippen molar-refractivity contribution < 1.29 is 9.53 Å². The highest BCUT2D eigenvalue weighted by molar-refractivity contribution is 5.77. The standard InChI is InChI=1S/C15H23NO2/c1-5-6-13(4)16-15(17)10-18-14-8-7-11(2)12(3)9-14/h7-9,13H,5-6,10H2,1-4H3,(H,16,17). The lowest BCUT2D eigenvalue weighted by molar-refractivity contribution is -0.123. The monoisotopic (exact) mass is 249 g/mol. The van der Waals surface area contributed by atoms with E-state index in [9.17, 15) is 4.79 Å². The first-order valence-electron chi connectivity index (χ1n) is 6.52. The summed E-state index contributed by atoms with van der Waals surface area (Å²) in [5.74, 6) is 0.686. The number of carbonyl (C=O) groups excluding carboxylic acids is 1. The minimum atomic E-state index is -0.0609. The fourth-order valence-electron chi connectivity index (χ4n) is 1.77. The van der Waals surface area contributed by atoms with Crippen LogP contribution in [0, 0.1) is 13.8 Å². The third kappa shape index (κ3) is 4.78. The molecule has 1 aromatic carbocycles. The Labute approximate surface area is 110 Å². The summed E-state index contributed by atoms with van der Waals surface area (Å²) < 4.78 is 5.47. The van der Waals surface area contributed by atoms with Gasteiger partial charge in [-0.3, -0.25) is 4.79 Å². The van der Waals surface area contributed by atoms with Crippen molar-refractivity contribution >= 4 is 5.91 Å². The number of aryl methyl sites for hydroxylation is 2. The van der Waals surface area contributed by atoms with Crippen molar-refractivity contribution in [3.8, 4) is 5.75 Å². The molecule has 0 aliphatic heterocycles. The molecule has 1 amide bonds. The predicted octanol–water partition coefficient (Wildman–Crippen LogP) is 2.99. The van der Waals surface area contributed by atoms with Crippen LogP contribution in [0.25, 0.3) is 0 Å². The van der Waals surface area contributed by atoms with Gasteiger partial charge in [0.25, 0.3) is 5.91 Å². The Kier molecular flexibility index (Phi) is 5.69. The van der Waals surface area contributed by atoms with E-state index < -0.39 is 0 Å². The van der Waals surface area contributed by atoms with Crippen molar-refractivity contribution in [3.63, 3.8) is 0 Å². The molecule has 0 aromatic heterocycles. The van der Waals surface area contributed by atoms with E-state index in [0.29, 0.717) is 0 Å². The summed E-state index contributed by atoms with van der Waals surface area (Å²) in [5.41, 5.74) is 2.40. The van der Waals surface area contributed by atoms with Crippen LogP contribution in [0.1, 0.15) is 37.8 Å². The van der Waals surface area contributed by atoms with Gasteiger partial charge in [-0.15, -0.1) is 0 Å². The molecule has 1 rings (SSSR count). The van der Waals surface area contributed by atoms with Crippen LogP contribution >= 0.6 is 0 Å².